The van der Waals surface area contributed by atoms with Crippen molar-refractivity contribution in [3.05, 3.63) is 24.2 Å². The lowest BCUT2D eigenvalue weighted by atomic mass is 9.88. The summed E-state index contributed by atoms with van der Waals surface area (Å²) in [7, 11) is 0. The molecule has 1 fully saturated rings. The van der Waals surface area contributed by atoms with E-state index >= 15 is 0 Å². The van der Waals surface area contributed by atoms with E-state index in [2.05, 4.69) is 22.0 Å². The fourth-order valence-corrected chi connectivity index (χ4v) is 3.25. The smallest absolute Gasteiger partial charge is 0.0934 e. The molecule has 1 heterocycles. The van der Waals surface area contributed by atoms with E-state index in [-0.39, 0.29) is 0 Å². The Balaban J connectivity index is 1.92. The van der Waals surface area contributed by atoms with Crippen LogP contribution in [0.25, 0.3) is 0 Å². The lowest BCUT2D eigenvalue weighted by Gasteiger charge is -2.20. The molecule has 0 saturated heterocycles. The highest BCUT2D eigenvalue weighted by Crippen LogP contribution is 2.34. The van der Waals surface area contributed by atoms with Crippen LogP contribution in [0.4, 0.5) is 0 Å². The van der Waals surface area contributed by atoms with Crippen LogP contribution in [0, 0.1) is 11.8 Å². The van der Waals surface area contributed by atoms with E-state index in [1.165, 1.54) is 37.7 Å². The van der Waals surface area contributed by atoms with Gasteiger partial charge >= 0.3 is 0 Å². The van der Waals surface area contributed by atoms with Crippen molar-refractivity contribution in [2.45, 2.75) is 32.1 Å². The van der Waals surface area contributed by atoms with E-state index in [0.29, 0.717) is 0 Å². The second-order valence-corrected chi connectivity index (χ2v) is 4.94. The average molecular weight is 257 g/mol. The molecule has 1 atom stereocenters. The van der Waals surface area contributed by atoms with Crippen LogP contribution in [-0.2, 0) is 6.42 Å². The molecule has 0 bridgehead atoms. The Morgan fingerprint density at radius 3 is 2.79 bits per heavy atom. The standard InChI is InChI=1S/C12H17BrO/c13-8-12(11-3-1-2-4-11)7-10-5-6-14-9-10/h5-6,9,11-12H,1-4,7-8H2. The molecule has 0 amide bonds. The van der Waals surface area contributed by atoms with E-state index in [0.717, 1.165) is 17.2 Å². The number of furan rings is 1. The van der Waals surface area contributed by atoms with Gasteiger partial charge in [-0.1, -0.05) is 41.6 Å². The number of hydrogen-bond acceptors (Lipinski definition) is 1. The predicted molar refractivity (Wildman–Crippen MR) is 61.7 cm³/mol. The molecule has 78 valence electrons. The van der Waals surface area contributed by atoms with Crippen LogP contribution in [-0.4, -0.2) is 5.33 Å². The lowest BCUT2D eigenvalue weighted by Crippen LogP contribution is -2.15. The molecular weight excluding hydrogens is 240 g/mol. The summed E-state index contributed by atoms with van der Waals surface area (Å²) in [6.07, 6.45) is 10.5. The fraction of sp³-hybridized carbons (Fsp3) is 0.667. The number of alkyl halides is 1. The molecule has 2 heteroatoms. The molecule has 0 spiro atoms. The molecule has 14 heavy (non-hydrogen) atoms. The molecule has 1 aromatic heterocycles. The Hall–Kier alpha value is -0.240. The van der Waals surface area contributed by atoms with Gasteiger partial charge in [0, 0.05) is 5.33 Å². The summed E-state index contributed by atoms with van der Waals surface area (Å²) in [6, 6.07) is 2.09. The van der Waals surface area contributed by atoms with Crippen molar-refractivity contribution in [2.24, 2.45) is 11.8 Å². The third-order valence-corrected chi connectivity index (χ3v) is 4.17. The molecule has 1 nitrogen and oxygen atoms in total. The Bertz CT molecular complexity index is 249. The maximum atomic E-state index is 5.11. The first-order valence-corrected chi connectivity index (χ1v) is 6.59. The van der Waals surface area contributed by atoms with Crippen molar-refractivity contribution in [3.8, 4) is 0 Å². The van der Waals surface area contributed by atoms with Gasteiger partial charge in [-0.2, -0.15) is 0 Å². The zero-order valence-electron chi connectivity index (χ0n) is 8.42. The maximum Gasteiger partial charge on any atom is 0.0934 e. The Morgan fingerprint density at radius 2 is 2.21 bits per heavy atom. The fourth-order valence-electron chi connectivity index (χ4n) is 2.49. The summed E-state index contributed by atoms with van der Waals surface area (Å²) in [5.41, 5.74) is 1.35. The normalized spacial score (nSPS) is 20.1. The predicted octanol–water partition coefficient (Wildman–Crippen LogP) is 4.02. The minimum Gasteiger partial charge on any atom is -0.472 e. The van der Waals surface area contributed by atoms with Gasteiger partial charge in [-0.25, -0.2) is 0 Å². The second kappa shape index (κ2) is 5.01. The highest BCUT2D eigenvalue weighted by Gasteiger charge is 2.24. The molecule has 1 unspecified atom stereocenters. The van der Waals surface area contributed by atoms with Crippen LogP contribution in [0.1, 0.15) is 31.2 Å². The second-order valence-electron chi connectivity index (χ2n) is 4.29. The summed E-state index contributed by atoms with van der Waals surface area (Å²) < 4.78 is 5.11. The summed E-state index contributed by atoms with van der Waals surface area (Å²) >= 11 is 3.64. The van der Waals surface area contributed by atoms with E-state index in [1.54, 1.807) is 6.26 Å². The third-order valence-electron chi connectivity index (χ3n) is 3.34. The van der Waals surface area contributed by atoms with Crippen LogP contribution in [0.15, 0.2) is 23.0 Å². The molecule has 1 saturated carbocycles. The van der Waals surface area contributed by atoms with Gasteiger partial charge in [0.15, 0.2) is 0 Å². The quantitative estimate of drug-likeness (QED) is 0.742. The van der Waals surface area contributed by atoms with Crippen molar-refractivity contribution < 1.29 is 4.42 Å². The van der Waals surface area contributed by atoms with Gasteiger partial charge in [-0.05, 0) is 29.9 Å². The Kier molecular flexibility index (Phi) is 3.68. The van der Waals surface area contributed by atoms with E-state index in [1.807, 2.05) is 6.26 Å². The van der Waals surface area contributed by atoms with E-state index < -0.39 is 0 Å². The Morgan fingerprint density at radius 1 is 1.43 bits per heavy atom. The molecule has 1 aromatic rings. The largest absolute Gasteiger partial charge is 0.472 e. The molecule has 2 rings (SSSR count). The van der Waals surface area contributed by atoms with E-state index in [4.69, 9.17) is 4.42 Å². The lowest BCUT2D eigenvalue weighted by molar-refractivity contribution is 0.372. The third kappa shape index (κ3) is 2.41. The summed E-state index contributed by atoms with van der Waals surface area (Å²) in [4.78, 5) is 0. The first-order chi connectivity index (χ1) is 6.90. The minimum atomic E-state index is 0.801. The summed E-state index contributed by atoms with van der Waals surface area (Å²) in [5, 5.41) is 1.13. The van der Waals surface area contributed by atoms with Gasteiger partial charge in [-0.3, -0.25) is 0 Å². The monoisotopic (exact) mass is 256 g/mol. The first-order valence-electron chi connectivity index (χ1n) is 5.47. The summed E-state index contributed by atoms with van der Waals surface area (Å²) in [6.45, 7) is 0. The van der Waals surface area contributed by atoms with Gasteiger partial charge in [-0.15, -0.1) is 0 Å². The van der Waals surface area contributed by atoms with Crippen molar-refractivity contribution >= 4 is 15.9 Å². The van der Waals surface area contributed by atoms with Gasteiger partial charge in [0.05, 0.1) is 12.5 Å². The average Bonchev–Trinajstić information content (AvgIpc) is 2.86. The van der Waals surface area contributed by atoms with Crippen molar-refractivity contribution in [2.75, 3.05) is 5.33 Å². The van der Waals surface area contributed by atoms with Gasteiger partial charge in [0.2, 0.25) is 0 Å². The highest BCUT2D eigenvalue weighted by molar-refractivity contribution is 9.09. The van der Waals surface area contributed by atoms with E-state index in [9.17, 15) is 0 Å². The van der Waals surface area contributed by atoms with Gasteiger partial charge < -0.3 is 4.42 Å². The highest BCUT2D eigenvalue weighted by atomic mass is 79.9. The molecule has 0 aliphatic heterocycles. The van der Waals surface area contributed by atoms with Crippen molar-refractivity contribution in [3.63, 3.8) is 0 Å². The SMILES string of the molecule is BrCC(Cc1ccoc1)C1CCCC1. The molecule has 0 aromatic carbocycles. The molecule has 0 N–H and O–H groups in total. The first kappa shape index (κ1) is 10.3. The Labute approximate surface area is 94.0 Å². The molecular formula is C12H17BrO. The zero-order valence-corrected chi connectivity index (χ0v) is 10.0. The number of halogens is 1. The number of hydrogen-bond donors (Lipinski definition) is 0. The number of rotatable bonds is 4. The van der Waals surface area contributed by atoms with Crippen LogP contribution < -0.4 is 0 Å². The molecule has 0 radical (unpaired) electrons. The topological polar surface area (TPSA) is 13.1 Å². The van der Waals surface area contributed by atoms with Gasteiger partial charge in [0.25, 0.3) is 0 Å². The molecule has 1 aliphatic rings. The van der Waals surface area contributed by atoms with Crippen molar-refractivity contribution in [1.82, 2.24) is 0 Å². The van der Waals surface area contributed by atoms with Gasteiger partial charge in [0.1, 0.15) is 0 Å². The zero-order chi connectivity index (χ0) is 9.80. The minimum absolute atomic E-state index is 0.801. The van der Waals surface area contributed by atoms with Crippen LogP contribution >= 0.6 is 15.9 Å². The maximum absolute atomic E-state index is 5.11. The van der Waals surface area contributed by atoms with Crippen LogP contribution in [0.3, 0.4) is 0 Å². The van der Waals surface area contributed by atoms with Crippen LogP contribution in [0.5, 0.6) is 0 Å². The van der Waals surface area contributed by atoms with Crippen LogP contribution in [0.2, 0.25) is 0 Å². The van der Waals surface area contributed by atoms with Crippen molar-refractivity contribution in [1.29, 1.82) is 0 Å². The summed E-state index contributed by atoms with van der Waals surface area (Å²) in [5.74, 6) is 1.74. The molecule has 1 aliphatic carbocycles.